The number of hydrogen-bond donors (Lipinski definition) is 0. The van der Waals surface area contributed by atoms with E-state index < -0.39 is 0 Å². The molecule has 0 unspecified atom stereocenters. The van der Waals surface area contributed by atoms with Crippen LogP contribution in [-0.2, 0) is 0 Å². The molecule has 1 heterocycles. The van der Waals surface area contributed by atoms with Gasteiger partial charge in [-0.2, -0.15) is 10.2 Å². The summed E-state index contributed by atoms with van der Waals surface area (Å²) in [6.07, 6.45) is 3.72. The molecule has 2 nitrogen and oxygen atoms in total. The van der Waals surface area contributed by atoms with E-state index in [-0.39, 0.29) is 5.41 Å². The quantitative estimate of drug-likeness (QED) is 0.499. The Balaban J connectivity index is 2.71. The molecule has 0 aliphatic carbocycles. The molecule has 1 rings (SSSR count). The lowest BCUT2D eigenvalue weighted by Gasteiger charge is -2.14. The molecular formula is C7H10N2. The average molecular weight is 122 g/mol. The van der Waals surface area contributed by atoms with Gasteiger partial charge in [0.15, 0.2) is 0 Å². The second-order valence-corrected chi connectivity index (χ2v) is 2.24. The third-order valence-corrected chi connectivity index (χ3v) is 1.64. The Labute approximate surface area is 55.0 Å². The molecule has 0 aromatic heterocycles. The normalized spacial score (nSPS) is 21.8. The van der Waals surface area contributed by atoms with Gasteiger partial charge < -0.3 is 0 Å². The summed E-state index contributed by atoms with van der Waals surface area (Å²) in [5.74, 6) is 0. The van der Waals surface area contributed by atoms with Gasteiger partial charge in [-0.3, -0.25) is 0 Å². The largest absolute Gasteiger partial charge is 0.193 e. The first-order valence-electron chi connectivity index (χ1n) is 2.93. The van der Waals surface area contributed by atoms with Crippen LogP contribution in [0.5, 0.6) is 0 Å². The maximum absolute atomic E-state index is 3.86. The van der Waals surface area contributed by atoms with Crippen molar-refractivity contribution in [1.82, 2.24) is 0 Å². The second-order valence-electron chi connectivity index (χ2n) is 2.24. The molecule has 1 aliphatic heterocycles. The molecule has 0 fully saturated rings. The molecule has 1 aliphatic rings. The molecular weight excluding hydrogens is 112 g/mol. The Morgan fingerprint density at radius 2 is 1.56 bits per heavy atom. The fourth-order valence-corrected chi connectivity index (χ4v) is 0.755. The first-order chi connectivity index (χ1) is 4.33. The van der Waals surface area contributed by atoms with Crippen LogP contribution in [0.1, 0.15) is 0 Å². The van der Waals surface area contributed by atoms with Crippen molar-refractivity contribution in [3.8, 4) is 0 Å². The molecule has 0 N–H and O–H groups in total. The van der Waals surface area contributed by atoms with Gasteiger partial charge in [-0.05, 0) is 0 Å². The van der Waals surface area contributed by atoms with Crippen LogP contribution >= 0.6 is 0 Å². The van der Waals surface area contributed by atoms with Gasteiger partial charge in [0, 0.05) is 5.41 Å². The summed E-state index contributed by atoms with van der Waals surface area (Å²) >= 11 is 0. The highest BCUT2D eigenvalue weighted by atomic mass is 15.1. The highest BCUT2D eigenvalue weighted by Crippen LogP contribution is 2.25. The van der Waals surface area contributed by atoms with E-state index in [4.69, 9.17) is 0 Å². The first-order valence-corrected chi connectivity index (χ1v) is 2.93. The summed E-state index contributed by atoms with van der Waals surface area (Å²) in [5.41, 5.74) is -0.0278. The van der Waals surface area contributed by atoms with Crippen molar-refractivity contribution in [2.75, 3.05) is 13.1 Å². The second kappa shape index (κ2) is 2.13. The number of rotatable bonds is 2. The van der Waals surface area contributed by atoms with Crippen LogP contribution in [0.15, 0.2) is 35.5 Å². The van der Waals surface area contributed by atoms with Gasteiger partial charge >= 0.3 is 0 Å². The third-order valence-electron chi connectivity index (χ3n) is 1.64. The van der Waals surface area contributed by atoms with Gasteiger partial charge in [-0.1, -0.05) is 12.2 Å². The van der Waals surface area contributed by atoms with Crippen LogP contribution in [0.2, 0.25) is 0 Å². The van der Waals surface area contributed by atoms with Gasteiger partial charge in [-0.25, -0.2) is 0 Å². The Morgan fingerprint density at radius 1 is 1.11 bits per heavy atom. The van der Waals surface area contributed by atoms with E-state index in [9.17, 15) is 0 Å². The van der Waals surface area contributed by atoms with Gasteiger partial charge in [0.2, 0.25) is 0 Å². The van der Waals surface area contributed by atoms with Crippen molar-refractivity contribution in [2.24, 2.45) is 15.6 Å². The van der Waals surface area contributed by atoms with Crippen LogP contribution in [-0.4, -0.2) is 13.1 Å². The monoisotopic (exact) mass is 122 g/mol. The van der Waals surface area contributed by atoms with Gasteiger partial charge in [-0.15, -0.1) is 13.2 Å². The molecule has 0 atom stereocenters. The SMILES string of the molecule is C=CC1(C=C)CN=NC1. The Kier molecular flexibility index (Phi) is 1.47. The molecule has 0 radical (unpaired) electrons. The summed E-state index contributed by atoms with van der Waals surface area (Å²) in [6.45, 7) is 8.83. The van der Waals surface area contributed by atoms with Crippen molar-refractivity contribution < 1.29 is 0 Å². The van der Waals surface area contributed by atoms with Crippen molar-refractivity contribution >= 4 is 0 Å². The maximum Gasteiger partial charge on any atom is 0.0742 e. The van der Waals surface area contributed by atoms with Gasteiger partial charge in [0.1, 0.15) is 0 Å². The predicted octanol–water partition coefficient (Wildman–Crippen LogP) is 1.81. The highest BCUT2D eigenvalue weighted by molar-refractivity contribution is 5.10. The molecule has 0 bridgehead atoms. The van der Waals surface area contributed by atoms with E-state index >= 15 is 0 Å². The summed E-state index contributed by atoms with van der Waals surface area (Å²) < 4.78 is 0. The van der Waals surface area contributed by atoms with Crippen molar-refractivity contribution in [3.63, 3.8) is 0 Å². The van der Waals surface area contributed by atoms with Crippen LogP contribution in [0.25, 0.3) is 0 Å². The van der Waals surface area contributed by atoms with E-state index in [1.165, 1.54) is 0 Å². The zero-order valence-corrected chi connectivity index (χ0v) is 5.38. The minimum absolute atomic E-state index is 0.0278. The van der Waals surface area contributed by atoms with E-state index in [2.05, 4.69) is 23.4 Å². The molecule has 9 heavy (non-hydrogen) atoms. The maximum atomic E-state index is 3.86. The molecule has 2 heteroatoms. The van der Waals surface area contributed by atoms with E-state index in [1.807, 2.05) is 12.2 Å². The van der Waals surface area contributed by atoms with Gasteiger partial charge in [0.05, 0.1) is 13.1 Å². The standard InChI is InChI=1S/C7H10N2/c1-3-7(4-2)5-8-9-6-7/h3-4H,1-2,5-6H2. The number of azo groups is 1. The Bertz CT molecular complexity index is 140. The minimum Gasteiger partial charge on any atom is -0.193 e. The summed E-state index contributed by atoms with van der Waals surface area (Å²) in [6, 6.07) is 0. The molecule has 0 aromatic rings. The molecule has 0 amide bonds. The van der Waals surface area contributed by atoms with Gasteiger partial charge in [0.25, 0.3) is 0 Å². The topological polar surface area (TPSA) is 24.7 Å². The fourth-order valence-electron chi connectivity index (χ4n) is 0.755. The van der Waals surface area contributed by atoms with Crippen molar-refractivity contribution in [1.29, 1.82) is 0 Å². The highest BCUT2D eigenvalue weighted by Gasteiger charge is 2.25. The molecule has 0 saturated carbocycles. The Morgan fingerprint density at radius 3 is 1.78 bits per heavy atom. The predicted molar refractivity (Wildman–Crippen MR) is 37.4 cm³/mol. The summed E-state index contributed by atoms with van der Waals surface area (Å²) in [7, 11) is 0. The Hall–Kier alpha value is -0.920. The van der Waals surface area contributed by atoms with Crippen molar-refractivity contribution in [3.05, 3.63) is 25.3 Å². The number of hydrogen-bond acceptors (Lipinski definition) is 2. The lowest BCUT2D eigenvalue weighted by molar-refractivity contribution is 0.584. The summed E-state index contributed by atoms with van der Waals surface area (Å²) in [4.78, 5) is 0. The lowest BCUT2D eigenvalue weighted by atomic mass is 9.90. The molecule has 0 saturated heterocycles. The van der Waals surface area contributed by atoms with Crippen LogP contribution in [0.3, 0.4) is 0 Å². The number of nitrogens with zero attached hydrogens (tertiary/aromatic N) is 2. The van der Waals surface area contributed by atoms with E-state index in [0.717, 1.165) is 13.1 Å². The zero-order valence-electron chi connectivity index (χ0n) is 5.38. The zero-order chi connectivity index (χ0) is 6.74. The first kappa shape index (κ1) is 6.20. The minimum atomic E-state index is -0.0278. The summed E-state index contributed by atoms with van der Waals surface area (Å²) in [5, 5.41) is 7.72. The van der Waals surface area contributed by atoms with E-state index in [0.29, 0.717) is 0 Å². The molecule has 48 valence electrons. The lowest BCUT2D eigenvalue weighted by Crippen LogP contribution is -2.17. The van der Waals surface area contributed by atoms with Crippen LogP contribution < -0.4 is 0 Å². The fraction of sp³-hybridized carbons (Fsp3) is 0.429. The third kappa shape index (κ3) is 0.922. The van der Waals surface area contributed by atoms with Crippen LogP contribution in [0.4, 0.5) is 0 Å². The van der Waals surface area contributed by atoms with Crippen LogP contribution in [0, 0.1) is 5.41 Å². The average Bonchev–Trinajstić information content (AvgIpc) is 2.36. The van der Waals surface area contributed by atoms with E-state index in [1.54, 1.807) is 0 Å². The molecule has 0 aromatic carbocycles. The van der Waals surface area contributed by atoms with Crippen molar-refractivity contribution in [2.45, 2.75) is 0 Å². The smallest absolute Gasteiger partial charge is 0.0742 e. The molecule has 0 spiro atoms.